The van der Waals surface area contributed by atoms with Crippen molar-refractivity contribution in [2.24, 2.45) is 5.41 Å². The van der Waals surface area contributed by atoms with Crippen LogP contribution in [0.25, 0.3) is 5.57 Å². The number of esters is 2. The highest BCUT2D eigenvalue weighted by Gasteiger charge is 2.54. The fourth-order valence-corrected chi connectivity index (χ4v) is 3.36. The molecule has 0 bridgehead atoms. The van der Waals surface area contributed by atoms with Crippen LogP contribution in [0.2, 0.25) is 0 Å². The Labute approximate surface area is 166 Å². The van der Waals surface area contributed by atoms with Crippen LogP contribution in [-0.2, 0) is 23.8 Å². The van der Waals surface area contributed by atoms with E-state index in [2.05, 4.69) is 6.58 Å². The Balaban J connectivity index is 2.56. The van der Waals surface area contributed by atoms with Crippen LogP contribution in [0.4, 0.5) is 0 Å². The summed E-state index contributed by atoms with van der Waals surface area (Å²) in [6, 6.07) is 9.75. The number of carbonyl (C=O) groups excluding carboxylic acids is 2. The van der Waals surface area contributed by atoms with Crippen LogP contribution < -0.4 is 0 Å². The van der Waals surface area contributed by atoms with Crippen molar-refractivity contribution in [2.45, 2.75) is 33.6 Å². The number of ether oxygens (including phenoxy) is 3. The Bertz CT molecular complexity index is 755. The Kier molecular flexibility index (Phi) is 7.61. The molecule has 0 spiro atoms. The highest BCUT2D eigenvalue weighted by Crippen LogP contribution is 2.49. The molecule has 1 aliphatic carbocycles. The number of hydrogen-bond acceptors (Lipinski definition) is 5. The van der Waals surface area contributed by atoms with Crippen LogP contribution >= 0.6 is 0 Å². The molecule has 0 N–H and O–H groups in total. The van der Waals surface area contributed by atoms with Gasteiger partial charge in [0.2, 0.25) is 0 Å². The van der Waals surface area contributed by atoms with Crippen LogP contribution in [0.15, 0.2) is 60.4 Å². The summed E-state index contributed by atoms with van der Waals surface area (Å²) in [6.45, 7) is 10.4. The summed E-state index contributed by atoms with van der Waals surface area (Å²) in [7, 11) is 0. The fourth-order valence-electron chi connectivity index (χ4n) is 3.36. The van der Waals surface area contributed by atoms with Crippen LogP contribution in [0, 0.1) is 5.41 Å². The van der Waals surface area contributed by atoms with Gasteiger partial charge in [-0.15, -0.1) is 0 Å². The minimum Gasteiger partial charge on any atom is -0.501 e. The van der Waals surface area contributed by atoms with E-state index >= 15 is 0 Å². The van der Waals surface area contributed by atoms with E-state index in [-0.39, 0.29) is 26.1 Å². The molecule has 5 nitrogen and oxygen atoms in total. The normalized spacial score (nSPS) is 17.5. The lowest BCUT2D eigenvalue weighted by molar-refractivity contribution is -0.171. The summed E-state index contributed by atoms with van der Waals surface area (Å²) in [5.74, 6) is -1.13. The number of benzene rings is 1. The van der Waals surface area contributed by atoms with Crippen LogP contribution in [0.1, 0.15) is 39.2 Å². The second-order valence-electron chi connectivity index (χ2n) is 6.50. The molecule has 28 heavy (non-hydrogen) atoms. The van der Waals surface area contributed by atoms with Crippen molar-refractivity contribution in [1.82, 2.24) is 0 Å². The van der Waals surface area contributed by atoms with Gasteiger partial charge >= 0.3 is 11.9 Å². The van der Waals surface area contributed by atoms with Crippen molar-refractivity contribution >= 4 is 17.5 Å². The Morgan fingerprint density at radius 3 is 2.14 bits per heavy atom. The first-order valence-electron chi connectivity index (χ1n) is 9.59. The van der Waals surface area contributed by atoms with Gasteiger partial charge in [0.15, 0.2) is 5.41 Å². The summed E-state index contributed by atoms with van der Waals surface area (Å²) < 4.78 is 15.8. The van der Waals surface area contributed by atoms with Crippen LogP contribution in [0.5, 0.6) is 0 Å². The molecule has 0 atom stereocenters. The molecule has 150 valence electrons. The van der Waals surface area contributed by atoms with Crippen molar-refractivity contribution in [3.05, 3.63) is 66.0 Å². The van der Waals surface area contributed by atoms with Gasteiger partial charge in [0.25, 0.3) is 0 Å². The standard InChI is InChI=1S/C23H28O5/c1-5-26-14-13-19(18-11-9-8-10-12-18)20-16-23(15-17(20)4,21(24)27-6-2)22(25)28-7-3/h8-14H,4-7,15-16H2,1-3H3/b14-13+,20-19+. The van der Waals surface area contributed by atoms with Gasteiger partial charge < -0.3 is 14.2 Å². The lowest BCUT2D eigenvalue weighted by atomic mass is 9.85. The molecule has 0 aromatic heterocycles. The van der Waals surface area contributed by atoms with E-state index in [4.69, 9.17) is 14.2 Å². The predicted octanol–water partition coefficient (Wildman–Crippen LogP) is 4.45. The monoisotopic (exact) mass is 384 g/mol. The first kappa shape index (κ1) is 21.5. The van der Waals surface area contributed by atoms with Crippen LogP contribution in [-0.4, -0.2) is 31.8 Å². The number of carbonyl (C=O) groups is 2. The van der Waals surface area contributed by atoms with Gasteiger partial charge in [-0.25, -0.2) is 0 Å². The summed E-state index contributed by atoms with van der Waals surface area (Å²) in [5.41, 5.74) is 2.00. The molecule has 0 radical (unpaired) electrons. The average Bonchev–Trinajstić information content (AvgIpc) is 3.05. The molecule has 5 heteroatoms. The minimum atomic E-state index is -1.39. The third-order valence-electron chi connectivity index (χ3n) is 4.66. The van der Waals surface area contributed by atoms with Crippen molar-refractivity contribution < 1.29 is 23.8 Å². The molecule has 1 aromatic carbocycles. The predicted molar refractivity (Wildman–Crippen MR) is 108 cm³/mol. The van der Waals surface area contributed by atoms with Gasteiger partial charge in [0.1, 0.15) is 0 Å². The second kappa shape index (κ2) is 9.93. The maximum atomic E-state index is 12.8. The molecule has 0 saturated heterocycles. The first-order chi connectivity index (χ1) is 13.5. The van der Waals surface area contributed by atoms with Crippen molar-refractivity contribution in [3.8, 4) is 0 Å². The summed E-state index contributed by atoms with van der Waals surface area (Å²) in [4.78, 5) is 25.5. The van der Waals surface area contributed by atoms with Gasteiger partial charge in [0, 0.05) is 6.42 Å². The molecule has 1 fully saturated rings. The molecule has 0 amide bonds. The van der Waals surface area contributed by atoms with Crippen molar-refractivity contribution in [2.75, 3.05) is 19.8 Å². The maximum Gasteiger partial charge on any atom is 0.324 e. The molecule has 0 heterocycles. The molecule has 2 rings (SSSR count). The average molecular weight is 384 g/mol. The third kappa shape index (κ3) is 4.53. The Morgan fingerprint density at radius 2 is 1.61 bits per heavy atom. The molecule has 0 unspecified atom stereocenters. The zero-order chi connectivity index (χ0) is 20.6. The van der Waals surface area contributed by atoms with Gasteiger partial charge in [-0.2, -0.15) is 0 Å². The lowest BCUT2D eigenvalue weighted by Gasteiger charge is -2.23. The molecule has 1 aliphatic rings. The van der Waals surface area contributed by atoms with Gasteiger partial charge in [-0.3, -0.25) is 9.59 Å². The summed E-state index contributed by atoms with van der Waals surface area (Å²) in [5, 5.41) is 0. The van der Waals surface area contributed by atoms with Crippen molar-refractivity contribution in [3.63, 3.8) is 0 Å². The van der Waals surface area contributed by atoms with E-state index in [1.165, 1.54) is 0 Å². The molecule has 1 saturated carbocycles. The van der Waals surface area contributed by atoms with Gasteiger partial charge in [0.05, 0.1) is 26.1 Å². The summed E-state index contributed by atoms with van der Waals surface area (Å²) in [6.07, 6.45) is 3.84. The third-order valence-corrected chi connectivity index (χ3v) is 4.66. The quantitative estimate of drug-likeness (QED) is 0.376. The highest BCUT2D eigenvalue weighted by molar-refractivity contribution is 6.03. The van der Waals surface area contributed by atoms with Gasteiger partial charge in [-0.05, 0) is 55.6 Å². The Morgan fingerprint density at radius 1 is 1.00 bits per heavy atom. The second-order valence-corrected chi connectivity index (χ2v) is 6.50. The van der Waals surface area contributed by atoms with Crippen LogP contribution in [0.3, 0.4) is 0 Å². The number of allylic oxidation sites excluding steroid dienone is 4. The molecule has 0 aliphatic heterocycles. The van der Waals surface area contributed by atoms with E-state index < -0.39 is 17.4 Å². The van der Waals surface area contributed by atoms with E-state index in [1.807, 2.05) is 43.3 Å². The maximum absolute atomic E-state index is 12.8. The first-order valence-corrected chi connectivity index (χ1v) is 9.59. The van der Waals surface area contributed by atoms with Gasteiger partial charge in [-0.1, -0.05) is 36.9 Å². The fraction of sp³-hybridized carbons (Fsp3) is 0.391. The number of hydrogen-bond donors (Lipinski definition) is 0. The topological polar surface area (TPSA) is 61.8 Å². The largest absolute Gasteiger partial charge is 0.501 e. The molecular weight excluding hydrogens is 356 g/mol. The van der Waals surface area contributed by atoms with E-state index in [9.17, 15) is 9.59 Å². The van der Waals surface area contributed by atoms with E-state index in [1.54, 1.807) is 20.1 Å². The Hall–Kier alpha value is -2.82. The zero-order valence-electron chi connectivity index (χ0n) is 16.8. The lowest BCUT2D eigenvalue weighted by Crippen LogP contribution is -2.40. The van der Waals surface area contributed by atoms with E-state index in [0.717, 1.165) is 22.3 Å². The minimum absolute atomic E-state index is 0.179. The smallest absolute Gasteiger partial charge is 0.324 e. The molecule has 1 aromatic rings. The van der Waals surface area contributed by atoms with E-state index in [0.29, 0.717) is 6.61 Å². The summed E-state index contributed by atoms with van der Waals surface area (Å²) >= 11 is 0. The highest BCUT2D eigenvalue weighted by atomic mass is 16.6. The zero-order valence-corrected chi connectivity index (χ0v) is 16.8. The molecular formula is C23H28O5. The number of rotatable bonds is 8. The SMILES string of the molecule is C=C1CC(C(=O)OCC)(C(=O)OCC)C/C1=C(/C=C/OCC)c1ccccc1. The van der Waals surface area contributed by atoms with Crippen molar-refractivity contribution in [1.29, 1.82) is 0 Å².